The predicted molar refractivity (Wildman–Crippen MR) is 72.8 cm³/mol. The monoisotopic (exact) mass is 263 g/mol. The lowest BCUT2D eigenvalue weighted by atomic mass is 10.1. The van der Waals surface area contributed by atoms with Crippen molar-refractivity contribution in [2.45, 2.75) is 25.5 Å². The Morgan fingerprint density at radius 1 is 1.42 bits per heavy atom. The second kappa shape index (κ2) is 6.68. The highest BCUT2D eigenvalue weighted by molar-refractivity contribution is 5.77. The first-order valence-corrected chi connectivity index (χ1v) is 6.74. The van der Waals surface area contributed by atoms with Gasteiger partial charge in [-0.2, -0.15) is 0 Å². The average molecular weight is 263 g/mol. The molecule has 2 unspecified atom stereocenters. The number of carbonyl (C=O) groups is 1. The summed E-state index contributed by atoms with van der Waals surface area (Å²) in [6, 6.07) is 9.48. The molecule has 1 fully saturated rings. The molecule has 1 aromatic carbocycles. The van der Waals surface area contributed by atoms with E-state index in [0.29, 0.717) is 6.61 Å². The molecule has 0 bridgehead atoms. The van der Waals surface area contributed by atoms with E-state index in [9.17, 15) is 4.79 Å². The summed E-state index contributed by atoms with van der Waals surface area (Å²) in [5, 5.41) is 0. The maximum Gasteiger partial charge on any atom is 0.328 e. The quantitative estimate of drug-likeness (QED) is 0.762. The Balaban J connectivity index is 2.18. The molecule has 4 heteroatoms. The van der Waals surface area contributed by atoms with E-state index >= 15 is 0 Å². The molecule has 0 amide bonds. The van der Waals surface area contributed by atoms with Gasteiger partial charge >= 0.3 is 5.97 Å². The first-order valence-electron chi connectivity index (χ1n) is 6.74. The van der Waals surface area contributed by atoms with Crippen LogP contribution in [0.1, 0.15) is 24.9 Å². The highest BCUT2D eigenvalue weighted by Crippen LogP contribution is 2.27. The van der Waals surface area contributed by atoms with Crippen molar-refractivity contribution >= 4 is 5.97 Å². The van der Waals surface area contributed by atoms with Gasteiger partial charge in [-0.15, -0.1) is 0 Å². The third kappa shape index (κ3) is 3.33. The molecule has 1 saturated heterocycles. The summed E-state index contributed by atoms with van der Waals surface area (Å²) in [6.07, 6.45) is 1.17. The summed E-state index contributed by atoms with van der Waals surface area (Å²) in [6.45, 7) is 3.87. The third-order valence-electron chi connectivity index (χ3n) is 3.50. The van der Waals surface area contributed by atoms with E-state index in [1.165, 1.54) is 0 Å². The molecule has 2 rings (SSSR count). The largest absolute Gasteiger partial charge is 0.465 e. The lowest BCUT2D eigenvalue weighted by Gasteiger charge is -2.26. The number of esters is 1. The number of hydrogen-bond acceptors (Lipinski definition) is 4. The first kappa shape index (κ1) is 14.0. The van der Waals surface area contributed by atoms with Gasteiger partial charge in [0.2, 0.25) is 0 Å². The molecule has 4 nitrogen and oxygen atoms in total. The van der Waals surface area contributed by atoms with Crippen molar-refractivity contribution < 1.29 is 14.3 Å². The topological polar surface area (TPSA) is 38.8 Å². The summed E-state index contributed by atoms with van der Waals surface area (Å²) in [5.41, 5.74) is 0.984. The van der Waals surface area contributed by atoms with E-state index in [0.717, 1.165) is 25.1 Å². The van der Waals surface area contributed by atoms with Crippen molar-refractivity contribution in [3.8, 4) is 0 Å². The van der Waals surface area contributed by atoms with E-state index < -0.39 is 0 Å². The molecule has 0 N–H and O–H groups in total. The number of methoxy groups -OCH3 is 1. The van der Waals surface area contributed by atoms with Gasteiger partial charge in [-0.05, 0) is 18.9 Å². The zero-order chi connectivity index (χ0) is 13.7. The predicted octanol–water partition coefficient (Wildman–Crippen LogP) is 2.01. The van der Waals surface area contributed by atoms with Gasteiger partial charge in [0.15, 0.2) is 0 Å². The molecular formula is C15H21NO3. The van der Waals surface area contributed by atoms with Crippen LogP contribution in [0.15, 0.2) is 30.3 Å². The van der Waals surface area contributed by atoms with E-state index in [1.807, 2.05) is 37.3 Å². The lowest BCUT2D eigenvalue weighted by Crippen LogP contribution is -2.34. The summed E-state index contributed by atoms with van der Waals surface area (Å²) < 4.78 is 10.6. The molecule has 0 radical (unpaired) electrons. The van der Waals surface area contributed by atoms with Crippen molar-refractivity contribution in [1.82, 2.24) is 4.90 Å². The Labute approximate surface area is 114 Å². The first-order chi connectivity index (χ1) is 9.26. The smallest absolute Gasteiger partial charge is 0.328 e. The molecule has 1 heterocycles. The zero-order valence-corrected chi connectivity index (χ0v) is 11.5. The molecule has 0 aliphatic carbocycles. The second-order valence-corrected chi connectivity index (χ2v) is 4.71. The van der Waals surface area contributed by atoms with Crippen LogP contribution in [0, 0.1) is 0 Å². The van der Waals surface area contributed by atoms with Gasteiger partial charge in [0.05, 0.1) is 12.7 Å². The van der Waals surface area contributed by atoms with Crippen LogP contribution in [-0.2, 0) is 14.3 Å². The zero-order valence-electron chi connectivity index (χ0n) is 11.5. The molecular weight excluding hydrogens is 242 g/mol. The number of ether oxygens (including phenoxy) is 2. The minimum atomic E-state index is -0.318. The molecule has 104 valence electrons. The number of carbonyl (C=O) groups excluding carboxylic acids is 1. The molecule has 0 aromatic heterocycles. The molecule has 2 atom stereocenters. The Morgan fingerprint density at radius 2 is 2.16 bits per heavy atom. The van der Waals surface area contributed by atoms with Crippen LogP contribution < -0.4 is 0 Å². The fourth-order valence-electron chi connectivity index (χ4n) is 2.53. The average Bonchev–Trinajstić information content (AvgIpc) is 2.89. The van der Waals surface area contributed by atoms with E-state index in [-0.39, 0.29) is 18.1 Å². The third-order valence-corrected chi connectivity index (χ3v) is 3.50. The van der Waals surface area contributed by atoms with Gasteiger partial charge in [0, 0.05) is 20.2 Å². The second-order valence-electron chi connectivity index (χ2n) is 4.71. The van der Waals surface area contributed by atoms with Gasteiger partial charge in [0.1, 0.15) is 6.04 Å². The van der Waals surface area contributed by atoms with Gasteiger partial charge in [-0.25, -0.2) is 4.79 Å². The van der Waals surface area contributed by atoms with Crippen molar-refractivity contribution in [3.05, 3.63) is 35.9 Å². The van der Waals surface area contributed by atoms with E-state index in [4.69, 9.17) is 9.47 Å². The minimum absolute atomic E-state index is 0.176. The van der Waals surface area contributed by atoms with Crippen molar-refractivity contribution in [1.29, 1.82) is 0 Å². The fourth-order valence-corrected chi connectivity index (χ4v) is 2.53. The molecule has 0 spiro atoms. The summed E-state index contributed by atoms with van der Waals surface area (Å²) in [4.78, 5) is 14.4. The Kier molecular flexibility index (Phi) is 4.93. The van der Waals surface area contributed by atoms with Crippen molar-refractivity contribution in [3.63, 3.8) is 0 Å². The maximum absolute atomic E-state index is 12.2. The Bertz CT molecular complexity index is 407. The molecule has 1 aromatic rings. The molecule has 0 saturated carbocycles. The van der Waals surface area contributed by atoms with Crippen LogP contribution in [0.25, 0.3) is 0 Å². The van der Waals surface area contributed by atoms with Crippen molar-refractivity contribution in [2.24, 2.45) is 0 Å². The normalized spacial score (nSPS) is 21.3. The summed E-state index contributed by atoms with van der Waals surface area (Å²) in [7, 11) is 1.72. The number of nitrogens with zero attached hydrogens (tertiary/aromatic N) is 1. The van der Waals surface area contributed by atoms with Crippen LogP contribution in [0.5, 0.6) is 0 Å². The molecule has 19 heavy (non-hydrogen) atoms. The van der Waals surface area contributed by atoms with Crippen LogP contribution in [-0.4, -0.2) is 43.8 Å². The fraction of sp³-hybridized carbons (Fsp3) is 0.533. The summed E-state index contributed by atoms with van der Waals surface area (Å²) >= 11 is 0. The van der Waals surface area contributed by atoms with Crippen LogP contribution in [0.4, 0.5) is 0 Å². The van der Waals surface area contributed by atoms with Crippen LogP contribution in [0.2, 0.25) is 0 Å². The highest BCUT2D eigenvalue weighted by atomic mass is 16.5. The number of benzene rings is 1. The maximum atomic E-state index is 12.2. The van der Waals surface area contributed by atoms with Gasteiger partial charge in [-0.1, -0.05) is 30.3 Å². The SMILES string of the molecule is CCOC(=O)C(c1ccccc1)N1CCC(OC)C1. The minimum Gasteiger partial charge on any atom is -0.465 e. The standard InChI is InChI=1S/C15H21NO3/c1-3-19-15(17)14(12-7-5-4-6-8-12)16-10-9-13(11-16)18-2/h4-8,13-14H,3,9-11H2,1-2H3. The Morgan fingerprint density at radius 3 is 2.74 bits per heavy atom. The number of rotatable bonds is 5. The number of likely N-dealkylation sites (tertiary alicyclic amines) is 1. The lowest BCUT2D eigenvalue weighted by molar-refractivity contribution is -0.149. The Hall–Kier alpha value is -1.39. The van der Waals surface area contributed by atoms with Gasteiger partial charge in [0.25, 0.3) is 0 Å². The van der Waals surface area contributed by atoms with E-state index in [1.54, 1.807) is 7.11 Å². The van der Waals surface area contributed by atoms with Gasteiger partial charge in [-0.3, -0.25) is 4.90 Å². The molecule has 1 aliphatic rings. The van der Waals surface area contributed by atoms with Crippen LogP contribution in [0.3, 0.4) is 0 Å². The van der Waals surface area contributed by atoms with Gasteiger partial charge < -0.3 is 9.47 Å². The van der Waals surface area contributed by atoms with Crippen molar-refractivity contribution in [2.75, 3.05) is 26.8 Å². The van der Waals surface area contributed by atoms with E-state index in [2.05, 4.69) is 4.90 Å². The summed E-state index contributed by atoms with van der Waals surface area (Å²) in [5.74, 6) is -0.176. The highest BCUT2D eigenvalue weighted by Gasteiger charge is 2.34. The molecule has 1 aliphatic heterocycles. The van der Waals surface area contributed by atoms with Crippen LogP contribution >= 0.6 is 0 Å². The number of hydrogen-bond donors (Lipinski definition) is 0.